The number of carbonyl (C=O) groups excluding carboxylic acids is 2. The third-order valence-electron chi connectivity index (χ3n) is 3.75. The zero-order valence-corrected chi connectivity index (χ0v) is 19.2. The molecular weight excluding hydrogens is 484 g/mol. The number of hydrogen-bond donors (Lipinski definition) is 2. The summed E-state index contributed by atoms with van der Waals surface area (Å²) in [6.45, 7) is 3.04. The van der Waals surface area contributed by atoms with Crippen molar-refractivity contribution < 1.29 is 38.7 Å². The molecule has 0 saturated carbocycles. The zero-order chi connectivity index (χ0) is 22.8. The minimum absolute atomic E-state index is 0.0263. The molecule has 0 aliphatic carbocycles. The molecule has 164 valence electrons. The number of halogens is 2. The Hall–Kier alpha value is -2.65. The highest BCUT2D eigenvalue weighted by Crippen LogP contribution is 2.41. The first kappa shape index (κ1) is 25.4. The van der Waals surface area contributed by atoms with Crippen molar-refractivity contribution in [3.05, 3.63) is 35.4 Å². The number of alkyl halides is 2. The van der Waals surface area contributed by atoms with E-state index in [1.807, 2.05) is 0 Å². The summed E-state index contributed by atoms with van der Waals surface area (Å²) in [4.78, 5) is 22.6. The van der Waals surface area contributed by atoms with Gasteiger partial charge < -0.3 is 29.2 Å². The fourth-order valence-corrected chi connectivity index (χ4v) is 2.28. The average molecular weight is 506 g/mol. The van der Waals surface area contributed by atoms with Crippen molar-refractivity contribution in [3.8, 4) is 34.5 Å². The van der Waals surface area contributed by atoms with E-state index >= 15 is 0 Å². The minimum atomic E-state index is -0.357. The molecule has 0 unspecified atom stereocenters. The molecule has 0 radical (unpaired) electrons. The average Bonchev–Trinajstić information content (AvgIpc) is 3.18. The summed E-state index contributed by atoms with van der Waals surface area (Å²) in [6.07, 6.45) is 0. The number of phenolic OH excluding ortho intramolecular Hbond substituents is 2. The summed E-state index contributed by atoms with van der Waals surface area (Å²) in [5.74, 6) is 0.815. The van der Waals surface area contributed by atoms with E-state index in [4.69, 9.17) is 30.5 Å². The molecule has 2 aromatic rings. The van der Waals surface area contributed by atoms with E-state index in [1.165, 1.54) is 40.2 Å². The van der Waals surface area contributed by atoms with Gasteiger partial charge in [-0.15, -0.1) is 11.6 Å². The second-order valence-corrected chi connectivity index (χ2v) is 7.15. The molecule has 1 aliphatic rings. The van der Waals surface area contributed by atoms with Crippen LogP contribution in [0.25, 0.3) is 0 Å². The molecule has 0 aromatic heterocycles. The first-order valence-electron chi connectivity index (χ1n) is 8.41. The Balaban J connectivity index is 0.000000266. The number of ether oxygens (including phenoxy) is 4. The van der Waals surface area contributed by atoms with Crippen LogP contribution in [0, 0.1) is 0 Å². The quantitative estimate of drug-likeness (QED) is 0.355. The predicted molar refractivity (Wildman–Crippen MR) is 115 cm³/mol. The van der Waals surface area contributed by atoms with Crippen LogP contribution in [0.4, 0.5) is 0 Å². The normalized spacial score (nSPS) is 10.7. The molecule has 1 aliphatic heterocycles. The summed E-state index contributed by atoms with van der Waals surface area (Å²) in [5, 5.41) is 18.4. The maximum Gasteiger partial charge on any atom is 0.231 e. The van der Waals surface area contributed by atoms with Gasteiger partial charge >= 0.3 is 0 Å². The Kier molecular flexibility index (Phi) is 10.3. The van der Waals surface area contributed by atoms with Crippen molar-refractivity contribution in [2.24, 2.45) is 0 Å². The molecule has 0 bridgehead atoms. The van der Waals surface area contributed by atoms with Gasteiger partial charge in [0.1, 0.15) is 0 Å². The third-order valence-corrected chi connectivity index (χ3v) is 3.75. The van der Waals surface area contributed by atoms with Crippen molar-refractivity contribution in [2.75, 3.05) is 25.8 Å². The van der Waals surface area contributed by atoms with E-state index in [1.54, 1.807) is 12.1 Å². The molecular formula is C20H22BrClO8. The second-order valence-electron chi connectivity index (χ2n) is 5.67. The maximum absolute atomic E-state index is 11.2. The molecule has 0 saturated heterocycles. The lowest BCUT2D eigenvalue weighted by atomic mass is 10.1. The fourth-order valence-electron chi connectivity index (χ4n) is 2.28. The van der Waals surface area contributed by atoms with E-state index in [0.29, 0.717) is 33.2 Å². The number of carbonyl (C=O) groups is 2. The van der Waals surface area contributed by atoms with Crippen LogP contribution in [0.2, 0.25) is 0 Å². The molecule has 10 heteroatoms. The van der Waals surface area contributed by atoms with Gasteiger partial charge in [0.2, 0.25) is 18.3 Å². The largest absolute Gasteiger partial charge is 0.504 e. The van der Waals surface area contributed by atoms with Gasteiger partial charge in [-0.1, -0.05) is 15.9 Å². The van der Waals surface area contributed by atoms with Gasteiger partial charge in [-0.25, -0.2) is 0 Å². The highest BCUT2D eigenvalue weighted by molar-refractivity contribution is 9.09. The minimum Gasteiger partial charge on any atom is -0.504 e. The van der Waals surface area contributed by atoms with Crippen LogP contribution in [0.5, 0.6) is 34.5 Å². The molecule has 3 rings (SSSR count). The van der Waals surface area contributed by atoms with Gasteiger partial charge in [-0.3, -0.25) is 9.59 Å². The van der Waals surface area contributed by atoms with Crippen LogP contribution in [-0.2, 0) is 0 Å². The number of benzene rings is 2. The summed E-state index contributed by atoms with van der Waals surface area (Å²) >= 11 is 7.83. The van der Waals surface area contributed by atoms with Crippen molar-refractivity contribution in [1.29, 1.82) is 0 Å². The Morgan fingerprint density at radius 1 is 1.00 bits per heavy atom. The van der Waals surface area contributed by atoms with E-state index in [0.717, 1.165) is 0 Å². The first-order valence-corrected chi connectivity index (χ1v) is 10.1. The lowest BCUT2D eigenvalue weighted by Gasteiger charge is -2.06. The molecule has 2 aromatic carbocycles. The summed E-state index contributed by atoms with van der Waals surface area (Å²) in [5.41, 5.74) is 0.859. The Morgan fingerprint density at radius 3 is 2.00 bits per heavy atom. The van der Waals surface area contributed by atoms with Gasteiger partial charge in [0.25, 0.3) is 0 Å². The summed E-state index contributed by atoms with van der Waals surface area (Å²) in [7, 11) is 2.87. The van der Waals surface area contributed by atoms with E-state index in [-0.39, 0.29) is 35.6 Å². The van der Waals surface area contributed by atoms with Gasteiger partial charge in [-0.2, -0.15) is 0 Å². The van der Waals surface area contributed by atoms with Crippen molar-refractivity contribution >= 4 is 39.1 Å². The van der Waals surface area contributed by atoms with Crippen molar-refractivity contribution in [1.82, 2.24) is 0 Å². The molecule has 0 spiro atoms. The molecule has 1 heterocycles. The second kappa shape index (κ2) is 12.1. The number of Topliss-reactive ketones (excluding diaryl/α,β-unsaturated/α-hetero) is 2. The van der Waals surface area contributed by atoms with Gasteiger partial charge in [0, 0.05) is 11.1 Å². The first-order chi connectivity index (χ1) is 14.2. The Morgan fingerprint density at radius 2 is 1.50 bits per heavy atom. The third kappa shape index (κ3) is 6.70. The van der Waals surface area contributed by atoms with E-state index < -0.39 is 0 Å². The van der Waals surface area contributed by atoms with Crippen LogP contribution in [0.3, 0.4) is 0 Å². The standard InChI is InChI=1S/C10H10O4.C9H10O4.CH2BrCl/c1-6(11)7-3-8(12-2)10-9(4-7)13-5-14-10;1-5(10)6-3-7(11)9(12)8(4-6)13-2;2-1-3/h3-4H,5H2,1-2H3;3-4,11-12H,1-2H3;1H2. The Labute approximate surface area is 187 Å². The van der Waals surface area contributed by atoms with Gasteiger partial charge in [0.15, 0.2) is 34.6 Å². The SMILES string of the molecule is COc1cc(C(C)=O)cc(O)c1O.COc1cc(C(C)=O)cc2c1OCO2.ClCBr. The molecule has 0 amide bonds. The highest BCUT2D eigenvalue weighted by Gasteiger charge is 2.21. The van der Waals surface area contributed by atoms with Crippen molar-refractivity contribution in [3.63, 3.8) is 0 Å². The topological polar surface area (TPSA) is 112 Å². The Bertz CT molecular complexity index is 901. The zero-order valence-electron chi connectivity index (χ0n) is 16.8. The summed E-state index contributed by atoms with van der Waals surface area (Å²) < 4.78 is 20.2. The van der Waals surface area contributed by atoms with Gasteiger partial charge in [0.05, 0.1) is 19.0 Å². The van der Waals surface area contributed by atoms with Crippen molar-refractivity contribution in [2.45, 2.75) is 13.8 Å². The highest BCUT2D eigenvalue weighted by atomic mass is 79.9. The van der Waals surface area contributed by atoms with Crippen LogP contribution in [0.15, 0.2) is 24.3 Å². The predicted octanol–water partition coefficient (Wildman–Crippen LogP) is 4.51. The molecule has 2 N–H and O–H groups in total. The molecule has 0 atom stereocenters. The van der Waals surface area contributed by atoms with Crippen LogP contribution >= 0.6 is 27.5 Å². The van der Waals surface area contributed by atoms with E-state index in [2.05, 4.69) is 15.9 Å². The molecule has 0 fully saturated rings. The lowest BCUT2D eigenvalue weighted by molar-refractivity contribution is 0.100. The molecule has 30 heavy (non-hydrogen) atoms. The van der Waals surface area contributed by atoms with Crippen LogP contribution in [0.1, 0.15) is 34.6 Å². The van der Waals surface area contributed by atoms with Crippen LogP contribution < -0.4 is 18.9 Å². The number of ketones is 2. The van der Waals surface area contributed by atoms with E-state index in [9.17, 15) is 19.8 Å². The van der Waals surface area contributed by atoms with Gasteiger partial charge in [-0.05, 0) is 38.1 Å². The monoisotopic (exact) mass is 504 g/mol. The lowest BCUT2D eigenvalue weighted by Crippen LogP contribution is -1.94. The number of fused-ring (bicyclic) bond motifs is 1. The molecule has 8 nitrogen and oxygen atoms in total. The maximum atomic E-state index is 11.2. The number of rotatable bonds is 4. The number of methoxy groups -OCH3 is 2. The number of phenols is 2. The smallest absolute Gasteiger partial charge is 0.231 e. The summed E-state index contributed by atoms with van der Waals surface area (Å²) in [6, 6.07) is 5.88. The fraction of sp³-hybridized carbons (Fsp3) is 0.300. The van der Waals surface area contributed by atoms with Crippen LogP contribution in [-0.4, -0.2) is 47.6 Å². The number of aromatic hydroxyl groups is 2. The number of hydrogen-bond acceptors (Lipinski definition) is 8.